The molecule has 0 bridgehead atoms. The highest BCUT2D eigenvalue weighted by Gasteiger charge is 2.22. The molecule has 0 amide bonds. The van der Waals surface area contributed by atoms with Gasteiger partial charge in [0.25, 0.3) is 5.56 Å². The summed E-state index contributed by atoms with van der Waals surface area (Å²) in [4.78, 5) is 24.2. The summed E-state index contributed by atoms with van der Waals surface area (Å²) in [5, 5.41) is 0. The van der Waals surface area contributed by atoms with Crippen molar-refractivity contribution in [2.45, 2.75) is 32.9 Å². The van der Waals surface area contributed by atoms with Crippen LogP contribution in [0, 0.1) is 6.92 Å². The Bertz CT molecular complexity index is 661. The molecule has 110 valence electrons. The third-order valence-electron chi connectivity index (χ3n) is 3.39. The van der Waals surface area contributed by atoms with E-state index in [0.717, 1.165) is 11.3 Å². The number of aryl methyl sites for hydroxylation is 1. The van der Waals surface area contributed by atoms with Crippen molar-refractivity contribution in [3.63, 3.8) is 0 Å². The van der Waals surface area contributed by atoms with Crippen molar-refractivity contribution in [2.75, 3.05) is 0 Å². The van der Waals surface area contributed by atoms with Crippen molar-refractivity contribution >= 4 is 5.97 Å². The number of aromatic nitrogens is 1. The van der Waals surface area contributed by atoms with Gasteiger partial charge in [-0.2, -0.15) is 0 Å². The highest BCUT2D eigenvalue weighted by molar-refractivity contribution is 5.74. The minimum atomic E-state index is -0.581. The van der Waals surface area contributed by atoms with E-state index < -0.39 is 6.04 Å². The van der Waals surface area contributed by atoms with Gasteiger partial charge < -0.3 is 4.74 Å². The van der Waals surface area contributed by atoms with Gasteiger partial charge in [-0.15, -0.1) is 0 Å². The molecular formula is C17H19NO3. The molecule has 21 heavy (non-hydrogen) atoms. The predicted molar refractivity (Wildman–Crippen MR) is 81.0 cm³/mol. The third kappa shape index (κ3) is 3.60. The molecule has 1 aromatic carbocycles. The van der Waals surface area contributed by atoms with Crippen molar-refractivity contribution in [3.05, 3.63) is 70.1 Å². The van der Waals surface area contributed by atoms with Crippen molar-refractivity contribution < 1.29 is 9.53 Å². The van der Waals surface area contributed by atoms with E-state index in [1.807, 2.05) is 50.2 Å². The molecule has 4 heteroatoms. The van der Waals surface area contributed by atoms with Crippen LogP contribution in [0.2, 0.25) is 0 Å². The van der Waals surface area contributed by atoms with E-state index in [1.165, 1.54) is 10.6 Å². The van der Waals surface area contributed by atoms with Crippen LogP contribution in [0.1, 0.15) is 30.6 Å². The van der Waals surface area contributed by atoms with Gasteiger partial charge in [0, 0.05) is 11.8 Å². The number of esters is 1. The molecule has 0 N–H and O–H groups in total. The number of pyridine rings is 1. The first-order chi connectivity index (χ1) is 10.1. The van der Waals surface area contributed by atoms with Gasteiger partial charge in [-0.25, -0.2) is 4.79 Å². The van der Waals surface area contributed by atoms with Gasteiger partial charge in [0.05, 0.1) is 0 Å². The van der Waals surface area contributed by atoms with E-state index in [9.17, 15) is 9.59 Å². The fourth-order valence-electron chi connectivity index (χ4n) is 2.28. The van der Waals surface area contributed by atoms with Gasteiger partial charge in [-0.3, -0.25) is 9.36 Å². The van der Waals surface area contributed by atoms with E-state index in [1.54, 1.807) is 6.07 Å². The number of nitrogens with zero attached hydrogens (tertiary/aromatic N) is 1. The van der Waals surface area contributed by atoms with Crippen LogP contribution in [0.4, 0.5) is 0 Å². The van der Waals surface area contributed by atoms with Crippen LogP contribution in [0.25, 0.3) is 0 Å². The summed E-state index contributed by atoms with van der Waals surface area (Å²) in [6.45, 7) is 3.90. The molecule has 0 radical (unpaired) electrons. The van der Waals surface area contributed by atoms with Crippen molar-refractivity contribution in [1.82, 2.24) is 4.57 Å². The second kappa shape index (κ2) is 6.88. The first-order valence-corrected chi connectivity index (χ1v) is 7.02. The zero-order valence-corrected chi connectivity index (χ0v) is 12.3. The second-order valence-corrected chi connectivity index (χ2v) is 4.89. The van der Waals surface area contributed by atoms with Gasteiger partial charge in [0.15, 0.2) is 0 Å². The first kappa shape index (κ1) is 15.0. The van der Waals surface area contributed by atoms with Crippen molar-refractivity contribution in [3.8, 4) is 0 Å². The van der Waals surface area contributed by atoms with Gasteiger partial charge in [-0.05, 0) is 25.0 Å². The van der Waals surface area contributed by atoms with Crippen molar-refractivity contribution in [2.24, 2.45) is 0 Å². The number of carbonyl (C=O) groups is 1. The number of benzene rings is 1. The summed E-state index contributed by atoms with van der Waals surface area (Å²) in [6, 6.07) is 13.9. The molecular weight excluding hydrogens is 266 g/mol. The Balaban J connectivity index is 2.14. The standard InChI is InChI=1S/C17H19NO3/c1-3-15(18-13(2)8-7-11-16(18)19)17(20)21-12-14-9-5-4-6-10-14/h4-11,15H,3,12H2,1-2H3. The lowest BCUT2D eigenvalue weighted by atomic mass is 10.2. The van der Waals surface area contributed by atoms with Crippen LogP contribution in [0.15, 0.2) is 53.3 Å². The summed E-state index contributed by atoms with van der Waals surface area (Å²) in [6.07, 6.45) is 0.512. The summed E-state index contributed by atoms with van der Waals surface area (Å²) in [7, 11) is 0. The second-order valence-electron chi connectivity index (χ2n) is 4.89. The summed E-state index contributed by atoms with van der Waals surface area (Å²) < 4.78 is 6.84. The molecule has 0 spiro atoms. The molecule has 0 aliphatic heterocycles. The number of hydrogen-bond donors (Lipinski definition) is 0. The number of hydrogen-bond acceptors (Lipinski definition) is 3. The van der Waals surface area contributed by atoms with Crippen LogP contribution in [0.3, 0.4) is 0 Å². The van der Waals surface area contributed by atoms with Crippen LogP contribution >= 0.6 is 0 Å². The third-order valence-corrected chi connectivity index (χ3v) is 3.39. The lowest BCUT2D eigenvalue weighted by molar-refractivity contribution is -0.149. The zero-order chi connectivity index (χ0) is 15.2. The van der Waals surface area contributed by atoms with Gasteiger partial charge >= 0.3 is 5.97 Å². The SMILES string of the molecule is CCC(C(=O)OCc1ccccc1)n1c(C)cccc1=O. The predicted octanol–water partition coefficient (Wildman–Crippen LogP) is 2.85. The molecule has 0 aliphatic carbocycles. The summed E-state index contributed by atoms with van der Waals surface area (Å²) in [5.41, 5.74) is 1.50. The van der Waals surface area contributed by atoms with Crippen LogP contribution in [0.5, 0.6) is 0 Å². The number of ether oxygens (including phenoxy) is 1. The van der Waals surface area contributed by atoms with E-state index in [2.05, 4.69) is 0 Å². The lowest BCUT2D eigenvalue weighted by Crippen LogP contribution is -2.31. The van der Waals surface area contributed by atoms with Gasteiger partial charge in [0.1, 0.15) is 12.6 Å². The Hall–Kier alpha value is -2.36. The molecule has 2 rings (SSSR count). The Morgan fingerprint density at radius 1 is 1.14 bits per heavy atom. The fourth-order valence-corrected chi connectivity index (χ4v) is 2.28. The molecule has 4 nitrogen and oxygen atoms in total. The molecule has 0 saturated heterocycles. The Labute approximate surface area is 124 Å². The van der Waals surface area contributed by atoms with E-state index >= 15 is 0 Å². The molecule has 1 aromatic heterocycles. The number of rotatable bonds is 5. The van der Waals surface area contributed by atoms with Crippen LogP contribution < -0.4 is 5.56 Å². The minimum absolute atomic E-state index is 0.182. The smallest absolute Gasteiger partial charge is 0.329 e. The topological polar surface area (TPSA) is 48.3 Å². The van der Waals surface area contributed by atoms with Gasteiger partial charge in [-0.1, -0.05) is 43.3 Å². The molecule has 1 unspecified atom stereocenters. The first-order valence-electron chi connectivity index (χ1n) is 7.02. The quantitative estimate of drug-likeness (QED) is 0.794. The number of carbonyl (C=O) groups excluding carboxylic acids is 1. The normalized spacial score (nSPS) is 11.9. The zero-order valence-electron chi connectivity index (χ0n) is 12.3. The lowest BCUT2D eigenvalue weighted by Gasteiger charge is -2.19. The average Bonchev–Trinajstić information content (AvgIpc) is 2.50. The largest absolute Gasteiger partial charge is 0.459 e. The maximum Gasteiger partial charge on any atom is 0.329 e. The Morgan fingerprint density at radius 2 is 1.86 bits per heavy atom. The average molecular weight is 285 g/mol. The summed E-state index contributed by atoms with van der Waals surface area (Å²) >= 11 is 0. The highest BCUT2D eigenvalue weighted by atomic mass is 16.5. The Kier molecular flexibility index (Phi) is 4.93. The summed E-state index contributed by atoms with van der Waals surface area (Å²) in [5.74, 6) is -0.377. The van der Waals surface area contributed by atoms with Crippen molar-refractivity contribution in [1.29, 1.82) is 0 Å². The highest BCUT2D eigenvalue weighted by Crippen LogP contribution is 2.14. The van der Waals surface area contributed by atoms with Gasteiger partial charge in [0.2, 0.25) is 0 Å². The Morgan fingerprint density at radius 3 is 2.48 bits per heavy atom. The monoisotopic (exact) mass is 285 g/mol. The molecule has 0 saturated carbocycles. The molecule has 0 aliphatic rings. The fraction of sp³-hybridized carbons (Fsp3) is 0.294. The molecule has 1 atom stereocenters. The van der Waals surface area contributed by atoms with E-state index in [-0.39, 0.29) is 18.1 Å². The van der Waals surface area contributed by atoms with Crippen LogP contribution in [-0.4, -0.2) is 10.5 Å². The maximum atomic E-state index is 12.3. The van der Waals surface area contributed by atoms with E-state index in [4.69, 9.17) is 4.74 Å². The molecule has 1 heterocycles. The van der Waals surface area contributed by atoms with E-state index in [0.29, 0.717) is 6.42 Å². The maximum absolute atomic E-state index is 12.3. The van der Waals surface area contributed by atoms with Crippen LogP contribution in [-0.2, 0) is 16.1 Å². The molecule has 0 fully saturated rings. The molecule has 2 aromatic rings. The minimum Gasteiger partial charge on any atom is -0.459 e.